The molecule has 0 saturated carbocycles. The fourth-order valence-electron chi connectivity index (χ4n) is 2.04. The maximum absolute atomic E-state index is 5.76. The first-order chi connectivity index (χ1) is 7.90. The topological polar surface area (TPSA) is 27.1 Å². The Morgan fingerprint density at radius 2 is 2.44 bits per heavy atom. The van der Waals surface area contributed by atoms with Gasteiger partial charge in [0.15, 0.2) is 5.82 Å². The predicted molar refractivity (Wildman–Crippen MR) is 61.8 cm³/mol. The summed E-state index contributed by atoms with van der Waals surface area (Å²) in [6.07, 6.45) is 6.48. The Morgan fingerprint density at radius 3 is 3.31 bits per heavy atom. The third kappa shape index (κ3) is 1.25. The van der Waals surface area contributed by atoms with E-state index in [0.29, 0.717) is 6.61 Å². The smallest absolute Gasteiger partial charge is 0.151 e. The van der Waals surface area contributed by atoms with Crippen molar-refractivity contribution in [3.63, 3.8) is 0 Å². The highest BCUT2D eigenvalue weighted by atomic mass is 16.5. The van der Waals surface area contributed by atoms with E-state index in [1.54, 1.807) is 6.20 Å². The average molecular weight is 212 g/mol. The SMILES string of the molecule is C=CCc1cccc2c1OCc1nccn1-2. The van der Waals surface area contributed by atoms with Gasteiger partial charge in [-0.3, -0.25) is 4.57 Å². The summed E-state index contributed by atoms with van der Waals surface area (Å²) in [5.74, 6) is 1.90. The first-order valence-corrected chi connectivity index (χ1v) is 5.28. The Bertz CT molecular complexity index is 543. The molecule has 1 aromatic heterocycles. The molecule has 0 amide bonds. The zero-order chi connectivity index (χ0) is 11.0. The minimum atomic E-state index is 0.536. The molecule has 0 atom stereocenters. The van der Waals surface area contributed by atoms with E-state index in [2.05, 4.69) is 22.2 Å². The molecule has 80 valence electrons. The Hall–Kier alpha value is -2.03. The third-order valence-electron chi connectivity index (χ3n) is 2.76. The Kier molecular flexibility index (Phi) is 2.03. The minimum Gasteiger partial charge on any atom is -0.483 e. The first kappa shape index (κ1) is 9.21. The van der Waals surface area contributed by atoms with Crippen molar-refractivity contribution in [2.75, 3.05) is 0 Å². The minimum absolute atomic E-state index is 0.536. The number of nitrogens with zero attached hydrogens (tertiary/aromatic N) is 2. The largest absolute Gasteiger partial charge is 0.483 e. The quantitative estimate of drug-likeness (QED) is 0.715. The maximum atomic E-state index is 5.76. The average Bonchev–Trinajstić information content (AvgIpc) is 2.78. The van der Waals surface area contributed by atoms with Crippen molar-refractivity contribution >= 4 is 0 Å². The number of para-hydroxylation sites is 1. The molecule has 0 aliphatic carbocycles. The molecule has 2 heterocycles. The second-order valence-corrected chi connectivity index (χ2v) is 3.76. The highest BCUT2D eigenvalue weighted by molar-refractivity contribution is 5.54. The molecule has 3 heteroatoms. The Labute approximate surface area is 94.0 Å². The molecule has 0 radical (unpaired) electrons. The van der Waals surface area contributed by atoms with Crippen LogP contribution in [0.25, 0.3) is 5.69 Å². The summed E-state index contributed by atoms with van der Waals surface area (Å²) < 4.78 is 7.84. The number of allylic oxidation sites excluding steroid dienone is 1. The predicted octanol–water partition coefficient (Wildman–Crippen LogP) is 2.49. The molecule has 0 spiro atoms. The number of rotatable bonds is 2. The van der Waals surface area contributed by atoms with E-state index in [4.69, 9.17) is 4.74 Å². The molecule has 0 saturated heterocycles. The van der Waals surface area contributed by atoms with E-state index in [-0.39, 0.29) is 0 Å². The van der Waals surface area contributed by atoms with Gasteiger partial charge in [-0.15, -0.1) is 6.58 Å². The first-order valence-electron chi connectivity index (χ1n) is 5.28. The normalized spacial score (nSPS) is 12.5. The van der Waals surface area contributed by atoms with E-state index in [1.165, 1.54) is 5.56 Å². The van der Waals surface area contributed by atoms with Crippen molar-refractivity contribution in [2.45, 2.75) is 13.0 Å². The lowest BCUT2D eigenvalue weighted by Gasteiger charge is -2.21. The Balaban J connectivity index is 2.19. The summed E-state index contributed by atoms with van der Waals surface area (Å²) in [7, 11) is 0. The van der Waals surface area contributed by atoms with Crippen molar-refractivity contribution in [3.05, 3.63) is 54.6 Å². The van der Waals surface area contributed by atoms with Crippen LogP contribution >= 0.6 is 0 Å². The van der Waals surface area contributed by atoms with Crippen LogP contribution < -0.4 is 4.74 Å². The van der Waals surface area contributed by atoms with Gasteiger partial charge in [-0.05, 0) is 12.5 Å². The summed E-state index contributed by atoms with van der Waals surface area (Å²) in [5, 5.41) is 0. The third-order valence-corrected chi connectivity index (χ3v) is 2.76. The van der Waals surface area contributed by atoms with Gasteiger partial charge in [0, 0.05) is 18.0 Å². The molecule has 3 nitrogen and oxygen atoms in total. The molecule has 0 bridgehead atoms. The van der Waals surface area contributed by atoms with Crippen LogP contribution in [-0.4, -0.2) is 9.55 Å². The lowest BCUT2D eigenvalue weighted by atomic mass is 10.1. The van der Waals surface area contributed by atoms with Crippen LogP contribution in [0, 0.1) is 0 Å². The number of imidazole rings is 1. The van der Waals surface area contributed by atoms with Crippen molar-refractivity contribution in [1.29, 1.82) is 0 Å². The number of fused-ring (bicyclic) bond motifs is 3. The number of ether oxygens (including phenoxy) is 1. The zero-order valence-electron chi connectivity index (χ0n) is 8.89. The van der Waals surface area contributed by atoms with Gasteiger partial charge in [0.25, 0.3) is 0 Å². The molecule has 1 aromatic carbocycles. The molecular weight excluding hydrogens is 200 g/mol. The van der Waals surface area contributed by atoms with Gasteiger partial charge in [-0.2, -0.15) is 0 Å². The van der Waals surface area contributed by atoms with E-state index in [1.807, 2.05) is 24.4 Å². The monoisotopic (exact) mass is 212 g/mol. The summed E-state index contributed by atoms with van der Waals surface area (Å²) in [6, 6.07) is 6.16. The van der Waals surface area contributed by atoms with Gasteiger partial charge in [0.05, 0.1) is 5.69 Å². The zero-order valence-corrected chi connectivity index (χ0v) is 8.89. The summed E-state index contributed by atoms with van der Waals surface area (Å²) in [4.78, 5) is 4.25. The molecule has 0 fully saturated rings. The molecule has 1 aliphatic rings. The van der Waals surface area contributed by atoms with Crippen LogP contribution in [0.3, 0.4) is 0 Å². The lowest BCUT2D eigenvalue weighted by molar-refractivity contribution is 0.277. The van der Waals surface area contributed by atoms with Crippen LogP contribution in [0.5, 0.6) is 5.75 Å². The molecule has 0 N–H and O–H groups in total. The highest BCUT2D eigenvalue weighted by Crippen LogP contribution is 2.32. The van der Waals surface area contributed by atoms with Gasteiger partial charge >= 0.3 is 0 Å². The highest BCUT2D eigenvalue weighted by Gasteiger charge is 2.18. The maximum Gasteiger partial charge on any atom is 0.151 e. The molecule has 3 rings (SSSR count). The second-order valence-electron chi connectivity index (χ2n) is 3.76. The van der Waals surface area contributed by atoms with Crippen LogP contribution in [0.15, 0.2) is 43.2 Å². The number of hydrogen-bond acceptors (Lipinski definition) is 2. The lowest BCUT2D eigenvalue weighted by Crippen LogP contribution is -2.13. The number of hydrogen-bond donors (Lipinski definition) is 0. The molecular formula is C13H12N2O. The van der Waals surface area contributed by atoms with Crippen LogP contribution in [0.2, 0.25) is 0 Å². The van der Waals surface area contributed by atoms with Gasteiger partial charge < -0.3 is 4.74 Å². The Morgan fingerprint density at radius 1 is 1.50 bits per heavy atom. The second kappa shape index (κ2) is 3.52. The number of benzene rings is 1. The molecule has 0 unspecified atom stereocenters. The van der Waals surface area contributed by atoms with E-state index < -0.39 is 0 Å². The van der Waals surface area contributed by atoms with Crippen LogP contribution in [0.1, 0.15) is 11.4 Å². The fourth-order valence-corrected chi connectivity index (χ4v) is 2.04. The van der Waals surface area contributed by atoms with Crippen molar-refractivity contribution in [3.8, 4) is 11.4 Å². The standard InChI is InChI=1S/C13H12N2O/c1-2-4-10-5-3-6-11-13(10)16-9-12-14-7-8-15(11)12/h2-3,5-8H,1,4,9H2. The van der Waals surface area contributed by atoms with Crippen molar-refractivity contribution in [1.82, 2.24) is 9.55 Å². The van der Waals surface area contributed by atoms with Crippen LogP contribution in [0.4, 0.5) is 0 Å². The van der Waals surface area contributed by atoms with E-state index in [9.17, 15) is 0 Å². The molecule has 2 aromatic rings. The van der Waals surface area contributed by atoms with Crippen molar-refractivity contribution < 1.29 is 4.74 Å². The summed E-state index contributed by atoms with van der Waals surface area (Å²) in [6.45, 7) is 4.30. The molecule has 16 heavy (non-hydrogen) atoms. The fraction of sp³-hybridized carbons (Fsp3) is 0.154. The van der Waals surface area contributed by atoms with Gasteiger partial charge in [0.2, 0.25) is 0 Å². The van der Waals surface area contributed by atoms with Crippen molar-refractivity contribution in [2.24, 2.45) is 0 Å². The van der Waals surface area contributed by atoms with Gasteiger partial charge in [-0.1, -0.05) is 18.2 Å². The van der Waals surface area contributed by atoms with Gasteiger partial charge in [0.1, 0.15) is 12.4 Å². The van der Waals surface area contributed by atoms with Gasteiger partial charge in [-0.25, -0.2) is 4.98 Å². The summed E-state index contributed by atoms with van der Waals surface area (Å²) in [5.41, 5.74) is 2.24. The van der Waals surface area contributed by atoms with E-state index >= 15 is 0 Å². The van der Waals surface area contributed by atoms with Crippen LogP contribution in [-0.2, 0) is 13.0 Å². The molecule has 1 aliphatic heterocycles. The number of aromatic nitrogens is 2. The van der Waals surface area contributed by atoms with E-state index in [0.717, 1.165) is 23.7 Å². The summed E-state index contributed by atoms with van der Waals surface area (Å²) >= 11 is 0.